The van der Waals surface area contributed by atoms with Crippen LogP contribution in [0.1, 0.15) is 25.3 Å². The molecule has 55 heavy (non-hydrogen) atoms. The van der Waals surface area contributed by atoms with Crippen LogP contribution in [0, 0.1) is 0 Å². The van der Waals surface area contributed by atoms with Crippen LogP contribution in [0.4, 0.5) is 17.1 Å². The van der Waals surface area contributed by atoms with E-state index in [0.29, 0.717) is 0 Å². The number of unbranched alkanes of at least 4 members (excludes halogenated alkanes) is 1. The van der Waals surface area contributed by atoms with Crippen molar-refractivity contribution in [1.29, 1.82) is 0 Å². The fourth-order valence-corrected chi connectivity index (χ4v) is 8.41. The number of fused-ring (bicyclic) bond motifs is 6. The monoisotopic (exact) mass is 707 g/mol. The number of benzene rings is 8. The Morgan fingerprint density at radius 3 is 1.36 bits per heavy atom. The average Bonchev–Trinajstić information content (AvgIpc) is 3.77. The molecular formula is C52H41N3. The van der Waals surface area contributed by atoms with Gasteiger partial charge < -0.3 is 14.0 Å². The third-order valence-electron chi connectivity index (χ3n) is 11.1. The van der Waals surface area contributed by atoms with Gasteiger partial charge in [0.2, 0.25) is 0 Å². The second-order valence-electron chi connectivity index (χ2n) is 14.5. The predicted octanol–water partition coefficient (Wildman–Crippen LogP) is 14.4. The zero-order chi connectivity index (χ0) is 36.7. The number of anilines is 3. The lowest BCUT2D eigenvalue weighted by Crippen LogP contribution is -2.10. The van der Waals surface area contributed by atoms with Crippen LogP contribution in [-0.4, -0.2) is 9.13 Å². The van der Waals surface area contributed by atoms with E-state index in [1.165, 1.54) is 78.8 Å². The summed E-state index contributed by atoms with van der Waals surface area (Å²) in [6.45, 7) is 2.25. The first kappa shape index (κ1) is 32.8. The molecule has 0 unspecified atom stereocenters. The number of nitrogens with zero attached hydrogens (tertiary/aromatic N) is 3. The predicted molar refractivity (Wildman–Crippen MR) is 234 cm³/mol. The van der Waals surface area contributed by atoms with E-state index >= 15 is 0 Å². The molecule has 0 aliphatic heterocycles. The van der Waals surface area contributed by atoms with Crippen LogP contribution < -0.4 is 4.90 Å². The van der Waals surface area contributed by atoms with Gasteiger partial charge in [-0.05, 0) is 127 Å². The highest BCUT2D eigenvalue weighted by atomic mass is 15.1. The lowest BCUT2D eigenvalue weighted by atomic mass is 10.0. The van der Waals surface area contributed by atoms with Crippen LogP contribution in [0.25, 0.3) is 66.1 Å². The summed E-state index contributed by atoms with van der Waals surface area (Å²) in [5.41, 5.74) is 14.4. The lowest BCUT2D eigenvalue weighted by Gasteiger charge is -2.26. The fraction of sp³-hybridized carbons (Fsp3) is 0.0769. The van der Waals surface area contributed by atoms with E-state index in [4.69, 9.17) is 0 Å². The summed E-state index contributed by atoms with van der Waals surface area (Å²) in [4.78, 5) is 2.35. The van der Waals surface area contributed by atoms with Crippen LogP contribution >= 0.6 is 0 Å². The molecule has 0 radical (unpaired) electrons. The van der Waals surface area contributed by atoms with Crippen LogP contribution in [-0.2, 0) is 6.42 Å². The zero-order valence-corrected chi connectivity index (χ0v) is 30.9. The first-order chi connectivity index (χ1) is 27.2. The van der Waals surface area contributed by atoms with Crippen molar-refractivity contribution in [1.82, 2.24) is 9.13 Å². The minimum atomic E-state index is 1.12. The van der Waals surface area contributed by atoms with Gasteiger partial charge in [-0.25, -0.2) is 0 Å². The molecule has 0 aliphatic rings. The van der Waals surface area contributed by atoms with E-state index < -0.39 is 0 Å². The normalized spacial score (nSPS) is 11.6. The highest BCUT2D eigenvalue weighted by molar-refractivity contribution is 6.12. The maximum Gasteiger partial charge on any atom is 0.0541 e. The Labute approximate surface area is 322 Å². The average molecular weight is 708 g/mol. The topological polar surface area (TPSA) is 13.1 Å². The Hall–Kier alpha value is -6.84. The molecule has 0 N–H and O–H groups in total. The first-order valence-corrected chi connectivity index (χ1v) is 19.4. The van der Waals surface area contributed by atoms with Gasteiger partial charge in [-0.15, -0.1) is 0 Å². The zero-order valence-electron chi connectivity index (χ0n) is 30.9. The summed E-state index contributed by atoms with van der Waals surface area (Å²) in [7, 11) is 0. The molecule has 3 heteroatoms. The van der Waals surface area contributed by atoms with Crippen molar-refractivity contribution in [3.05, 3.63) is 200 Å². The minimum Gasteiger partial charge on any atom is -0.311 e. The van der Waals surface area contributed by atoms with E-state index in [1.54, 1.807) is 0 Å². The third kappa shape index (κ3) is 5.77. The van der Waals surface area contributed by atoms with Gasteiger partial charge in [0.15, 0.2) is 0 Å². The summed E-state index contributed by atoms with van der Waals surface area (Å²) in [5, 5.41) is 5.02. The van der Waals surface area contributed by atoms with E-state index in [-0.39, 0.29) is 0 Å². The number of aryl methyl sites for hydroxylation is 1. The molecule has 10 rings (SSSR count). The van der Waals surface area contributed by atoms with Gasteiger partial charge in [0.1, 0.15) is 0 Å². The van der Waals surface area contributed by atoms with Crippen molar-refractivity contribution in [2.45, 2.75) is 26.2 Å². The quantitative estimate of drug-likeness (QED) is 0.146. The molecule has 0 bridgehead atoms. The smallest absolute Gasteiger partial charge is 0.0541 e. The molecule has 0 spiro atoms. The maximum absolute atomic E-state index is 2.41. The molecule has 10 aromatic rings. The molecule has 0 saturated heterocycles. The van der Waals surface area contributed by atoms with E-state index in [1.807, 2.05) is 0 Å². The Morgan fingerprint density at radius 2 is 0.818 bits per heavy atom. The van der Waals surface area contributed by atoms with Gasteiger partial charge in [-0.3, -0.25) is 0 Å². The molecule has 0 aliphatic carbocycles. The second kappa shape index (κ2) is 13.9. The Bertz CT molecular complexity index is 2940. The van der Waals surface area contributed by atoms with Crippen LogP contribution in [0.15, 0.2) is 194 Å². The van der Waals surface area contributed by atoms with Gasteiger partial charge >= 0.3 is 0 Å². The number of hydrogen-bond acceptors (Lipinski definition) is 1. The number of hydrogen-bond donors (Lipinski definition) is 0. The molecular weight excluding hydrogens is 667 g/mol. The Morgan fingerprint density at radius 1 is 0.382 bits per heavy atom. The van der Waals surface area contributed by atoms with Crippen molar-refractivity contribution in [2.24, 2.45) is 0 Å². The van der Waals surface area contributed by atoms with Crippen molar-refractivity contribution < 1.29 is 0 Å². The fourth-order valence-electron chi connectivity index (χ4n) is 8.41. The molecule has 0 amide bonds. The largest absolute Gasteiger partial charge is 0.311 e. The van der Waals surface area contributed by atoms with E-state index in [9.17, 15) is 0 Å². The minimum absolute atomic E-state index is 1.12. The molecule has 3 nitrogen and oxygen atoms in total. The summed E-state index contributed by atoms with van der Waals surface area (Å²) in [5.74, 6) is 0. The maximum atomic E-state index is 2.41. The molecule has 0 fully saturated rings. The summed E-state index contributed by atoms with van der Waals surface area (Å²) in [6.07, 6.45) is 3.53. The summed E-state index contributed by atoms with van der Waals surface area (Å²) in [6, 6.07) is 70.8. The highest BCUT2D eigenvalue weighted by Gasteiger charge is 2.17. The van der Waals surface area contributed by atoms with Crippen LogP contribution in [0.2, 0.25) is 0 Å². The van der Waals surface area contributed by atoms with Crippen LogP contribution in [0.3, 0.4) is 0 Å². The van der Waals surface area contributed by atoms with Crippen molar-refractivity contribution in [2.75, 3.05) is 4.90 Å². The van der Waals surface area contributed by atoms with Gasteiger partial charge in [0.25, 0.3) is 0 Å². The molecule has 2 heterocycles. The van der Waals surface area contributed by atoms with Crippen molar-refractivity contribution >= 4 is 60.7 Å². The SMILES string of the molecule is CCCCc1ccc(N(c2ccccc2)c2ccc(-n3c4ccccc4c4cc(-c5ccc6c(c5)c5ccccc5n6-c5ccccc5)ccc43)cc2)cc1. The lowest BCUT2D eigenvalue weighted by molar-refractivity contribution is 0.795. The van der Waals surface area contributed by atoms with Gasteiger partial charge in [-0.2, -0.15) is 0 Å². The third-order valence-corrected chi connectivity index (χ3v) is 11.1. The van der Waals surface area contributed by atoms with Gasteiger partial charge in [-0.1, -0.05) is 110 Å². The second-order valence-corrected chi connectivity index (χ2v) is 14.5. The summed E-state index contributed by atoms with van der Waals surface area (Å²) < 4.78 is 4.78. The molecule has 8 aromatic carbocycles. The van der Waals surface area contributed by atoms with Crippen molar-refractivity contribution in [3.63, 3.8) is 0 Å². The number of rotatable bonds is 9. The van der Waals surface area contributed by atoms with Crippen molar-refractivity contribution in [3.8, 4) is 22.5 Å². The summed E-state index contributed by atoms with van der Waals surface area (Å²) >= 11 is 0. The number of para-hydroxylation sites is 4. The molecule has 264 valence electrons. The highest BCUT2D eigenvalue weighted by Crippen LogP contribution is 2.40. The first-order valence-electron chi connectivity index (χ1n) is 19.4. The van der Waals surface area contributed by atoms with Gasteiger partial charge in [0, 0.05) is 50.0 Å². The Balaban J connectivity index is 1.05. The van der Waals surface area contributed by atoms with Gasteiger partial charge in [0.05, 0.1) is 22.1 Å². The standard InChI is InChI=1S/C52H41N3/c1-2-3-14-37-23-27-42(28-24-37)53(40-15-6-4-7-16-40)43-29-31-44(32-30-43)55-50-22-13-11-20-46(50)48-36-39(26-34-52(48)55)38-25-33-51-47(35-38)45-19-10-12-21-49(45)54(51)41-17-8-5-9-18-41/h4-13,15-36H,2-3,14H2,1H3. The van der Waals surface area contributed by atoms with Crippen LogP contribution in [0.5, 0.6) is 0 Å². The Kier molecular flexibility index (Phi) is 8.26. The number of aromatic nitrogens is 2. The molecule has 0 atom stereocenters. The molecule has 2 aromatic heterocycles. The van der Waals surface area contributed by atoms with E-state index in [2.05, 4.69) is 215 Å². The van der Waals surface area contributed by atoms with E-state index in [0.717, 1.165) is 29.2 Å². The molecule has 0 saturated carbocycles.